The van der Waals surface area contributed by atoms with E-state index in [1.165, 1.54) is 21.6 Å². The van der Waals surface area contributed by atoms with Crippen molar-refractivity contribution in [3.8, 4) is 0 Å². The van der Waals surface area contributed by atoms with Gasteiger partial charge in [0.15, 0.2) is 0 Å². The zero-order chi connectivity index (χ0) is 25.8. The summed E-state index contributed by atoms with van der Waals surface area (Å²) < 4.78 is 18.7. The van der Waals surface area contributed by atoms with Crippen molar-refractivity contribution in [1.82, 2.24) is 0 Å². The third-order valence-corrected chi connectivity index (χ3v) is 7.99. The summed E-state index contributed by atoms with van der Waals surface area (Å²) in [6.45, 7) is 13.9. The third kappa shape index (κ3) is 40.2. The summed E-state index contributed by atoms with van der Waals surface area (Å²) in [7, 11) is 3.60. The third-order valence-electron chi connectivity index (χ3n) is 2.11. The van der Waals surface area contributed by atoms with E-state index in [4.69, 9.17) is 26.2 Å². The molecule has 3 atom stereocenters. The largest absolute Gasteiger partial charge is 0.605 e. The number of hydrogen-bond donors (Lipinski definition) is 6. The number of aliphatic carboxylic acids is 2. The molecule has 188 valence electrons. The van der Waals surface area contributed by atoms with Crippen molar-refractivity contribution in [3.63, 3.8) is 0 Å². The van der Waals surface area contributed by atoms with Gasteiger partial charge >= 0.3 is 11.9 Å². The summed E-state index contributed by atoms with van der Waals surface area (Å²) in [6.07, 6.45) is 6.81. The van der Waals surface area contributed by atoms with Crippen LogP contribution in [0.2, 0.25) is 0 Å². The van der Waals surface area contributed by atoms with E-state index in [0.717, 1.165) is 23.5 Å². The minimum atomic E-state index is -1.00. The molecule has 8 nitrogen and oxygen atoms in total. The lowest BCUT2D eigenvalue weighted by Crippen LogP contribution is -2.32. The average Bonchev–Trinajstić information content (AvgIpc) is 2.76. The first-order valence-corrected chi connectivity index (χ1v) is 15.5. The first-order valence-electron chi connectivity index (χ1n) is 8.62. The molecule has 1 unspecified atom stereocenters. The highest BCUT2D eigenvalue weighted by Crippen LogP contribution is 2.21. The lowest BCUT2D eigenvalue weighted by Gasteiger charge is -2.03. The summed E-state index contributed by atoms with van der Waals surface area (Å²) in [5.41, 5.74) is 10.2. The smallest absolute Gasteiger partial charge is 0.321 e. The van der Waals surface area contributed by atoms with E-state index in [0.29, 0.717) is 17.3 Å². The maximum atomic E-state index is 10.8. The van der Waals surface area contributed by atoms with Crippen LogP contribution in [0.3, 0.4) is 0 Å². The Morgan fingerprint density at radius 1 is 0.938 bits per heavy atom. The molecule has 0 aliphatic heterocycles. The van der Waals surface area contributed by atoms with Gasteiger partial charge in [-0.3, -0.25) is 9.59 Å². The fourth-order valence-electron chi connectivity index (χ4n) is 0.688. The van der Waals surface area contributed by atoms with Crippen LogP contribution in [0.5, 0.6) is 0 Å². The second-order valence-electron chi connectivity index (χ2n) is 4.85. The zero-order valence-electron chi connectivity index (χ0n) is 17.7. The van der Waals surface area contributed by atoms with Crippen molar-refractivity contribution in [1.29, 1.82) is 0 Å². The van der Waals surface area contributed by atoms with Crippen LogP contribution in [0, 0.1) is 0 Å². The molecule has 7 N–H and O–H groups in total. The summed E-state index contributed by atoms with van der Waals surface area (Å²) in [5.74, 6) is 1.44. The molecule has 0 saturated heterocycles. The molecule has 0 rings (SSSR count). The maximum Gasteiger partial charge on any atom is 0.321 e. The molecule has 0 saturated carbocycles. The predicted molar refractivity (Wildman–Crippen MR) is 151 cm³/mol. The molecule has 0 spiro atoms. The van der Waals surface area contributed by atoms with E-state index >= 15 is 0 Å². The monoisotopic (exact) mass is 566 g/mol. The van der Waals surface area contributed by atoms with Crippen molar-refractivity contribution >= 4 is 79.2 Å². The standard InChI is InChI=1S/C6H11NO2S2.C6H10OS2.C3H7NO2S.C3H6OS/c1-2-3-10-11-4-5(7)6(8)9;1-3-5-8-9(7)6-4-2;4-2(1-7)3(5)6;1-2-3-5-4/h2,5H,1,3-4,7H2,(H,8,9);3-4H,1-2,5-6H2;2,7H,1,4H2,(H,5,6);2,4H,1,3H2/t5-;;2-;/m0.0./s1. The van der Waals surface area contributed by atoms with Crippen LogP contribution >= 0.6 is 57.1 Å². The van der Waals surface area contributed by atoms with Gasteiger partial charge in [0, 0.05) is 33.2 Å². The van der Waals surface area contributed by atoms with Crippen molar-refractivity contribution in [2.75, 3.05) is 34.5 Å². The molecule has 0 aliphatic rings. The van der Waals surface area contributed by atoms with Crippen molar-refractivity contribution in [2.45, 2.75) is 12.1 Å². The van der Waals surface area contributed by atoms with Gasteiger partial charge < -0.3 is 30.8 Å². The Balaban J connectivity index is -0.000000170. The Morgan fingerprint density at radius 3 is 1.72 bits per heavy atom. The topological polar surface area (TPSA) is 170 Å². The van der Waals surface area contributed by atoms with E-state index in [-0.39, 0.29) is 5.75 Å². The molecule has 0 aromatic rings. The fourth-order valence-corrected chi connectivity index (χ4v) is 4.69. The first-order chi connectivity index (χ1) is 15.1. The number of hydrogen-bond acceptors (Lipinski definition) is 11. The number of carboxylic acids is 2. The summed E-state index contributed by atoms with van der Waals surface area (Å²) in [4.78, 5) is 20.0. The molecule has 0 bridgehead atoms. The Bertz CT molecular complexity index is 503. The van der Waals surface area contributed by atoms with Gasteiger partial charge in [-0.1, -0.05) is 46.4 Å². The van der Waals surface area contributed by atoms with Gasteiger partial charge in [-0.25, -0.2) is 0 Å². The highest BCUT2D eigenvalue weighted by Gasteiger charge is 2.10. The second kappa shape index (κ2) is 33.0. The van der Waals surface area contributed by atoms with Gasteiger partial charge in [0.05, 0.1) is 16.5 Å². The Labute approximate surface area is 215 Å². The van der Waals surface area contributed by atoms with Gasteiger partial charge in [0.25, 0.3) is 0 Å². The van der Waals surface area contributed by atoms with E-state index in [1.54, 1.807) is 35.1 Å². The molecule has 0 aromatic carbocycles. The molecule has 0 radical (unpaired) electrons. The fraction of sp³-hybridized carbons (Fsp3) is 0.444. The van der Waals surface area contributed by atoms with Crippen molar-refractivity contribution in [2.24, 2.45) is 11.5 Å². The lowest BCUT2D eigenvalue weighted by molar-refractivity contribution is -0.138. The van der Waals surface area contributed by atoms with Crippen LogP contribution in [0.1, 0.15) is 0 Å². The molecule has 32 heavy (non-hydrogen) atoms. The predicted octanol–water partition coefficient (Wildman–Crippen LogP) is 3.43. The van der Waals surface area contributed by atoms with E-state index in [2.05, 4.69) is 38.9 Å². The lowest BCUT2D eigenvalue weighted by atomic mass is 10.4. The number of carbonyl (C=O) groups is 2. The van der Waals surface area contributed by atoms with Crippen LogP contribution in [0.4, 0.5) is 0 Å². The van der Waals surface area contributed by atoms with Crippen LogP contribution in [-0.4, -0.2) is 77.9 Å². The van der Waals surface area contributed by atoms with Crippen molar-refractivity contribution in [3.05, 3.63) is 50.6 Å². The van der Waals surface area contributed by atoms with Gasteiger partial charge in [-0.05, 0) is 18.1 Å². The van der Waals surface area contributed by atoms with Crippen molar-refractivity contribution < 1.29 is 28.9 Å². The molecule has 0 fully saturated rings. The van der Waals surface area contributed by atoms with Crippen LogP contribution in [0.15, 0.2) is 50.6 Å². The zero-order valence-corrected chi connectivity index (χ0v) is 22.7. The molecular formula is C18H34N2O6S6. The summed E-state index contributed by atoms with van der Waals surface area (Å²) in [6, 6.07) is -1.57. The number of carboxylic acid groups (broad SMARTS) is 2. The van der Waals surface area contributed by atoms with E-state index in [9.17, 15) is 14.1 Å². The van der Waals surface area contributed by atoms with Crippen LogP contribution in [0.25, 0.3) is 0 Å². The minimum absolute atomic E-state index is 0.190. The highest BCUT2D eigenvalue weighted by molar-refractivity contribution is 8.76. The summed E-state index contributed by atoms with van der Waals surface area (Å²) in [5, 5.41) is 16.4. The Hall–Kier alpha value is -0.160. The molecule has 14 heteroatoms. The SMILES string of the molecule is C=CCSO.C=CCSSC[C@H](N)C(=O)O.C=CCS[S+]([O-])CC=C.N[C@@H](CS)C(=O)O. The second-order valence-corrected chi connectivity index (χ2v) is 11.7. The minimum Gasteiger partial charge on any atom is -0.605 e. The molecular weight excluding hydrogens is 533 g/mol. The molecule has 0 aromatic heterocycles. The van der Waals surface area contributed by atoms with E-state index < -0.39 is 34.2 Å². The van der Waals surface area contributed by atoms with Gasteiger partial charge in [-0.2, -0.15) is 12.6 Å². The summed E-state index contributed by atoms with van der Waals surface area (Å²) >= 11 is 4.43. The molecule has 0 aliphatic carbocycles. The van der Waals surface area contributed by atoms with Gasteiger partial charge in [-0.15, -0.1) is 19.7 Å². The number of rotatable bonds is 15. The molecule has 0 amide bonds. The highest BCUT2D eigenvalue weighted by atomic mass is 33.1. The quantitative estimate of drug-likeness (QED) is 0.0427. The normalized spacial score (nSPS) is 11.9. The molecule has 0 heterocycles. The number of nitrogens with two attached hydrogens (primary N) is 2. The average molecular weight is 567 g/mol. The van der Waals surface area contributed by atoms with Crippen LogP contribution < -0.4 is 11.5 Å². The van der Waals surface area contributed by atoms with E-state index in [1.807, 2.05) is 0 Å². The number of thiol groups is 1. The Morgan fingerprint density at radius 2 is 1.44 bits per heavy atom. The Kier molecular flexibility index (Phi) is 40.3. The van der Waals surface area contributed by atoms with Gasteiger partial charge in [0.1, 0.15) is 17.8 Å². The van der Waals surface area contributed by atoms with Crippen LogP contribution in [-0.2, 0) is 19.8 Å². The van der Waals surface area contributed by atoms with Gasteiger partial charge in [0.2, 0.25) is 0 Å². The maximum absolute atomic E-state index is 10.8. The first kappa shape index (κ1) is 39.1.